The molecule has 0 unspecified atom stereocenters. The first-order chi connectivity index (χ1) is 9.39. The minimum absolute atomic E-state index is 0.135. The Balaban J connectivity index is 2.48. The molecule has 2 aromatic rings. The summed E-state index contributed by atoms with van der Waals surface area (Å²) in [6, 6.07) is 4.03. The standard InChI is InChI=1S/C12H10F3N3O2/c1-19-7-2-3-8(9-5-18-11(16)6-17-9)10(4-7)20-12(13,14)15/h2-6H,1H3,(H2,16,18). The summed E-state index contributed by atoms with van der Waals surface area (Å²) in [6.07, 6.45) is -2.31. The lowest BCUT2D eigenvalue weighted by Crippen LogP contribution is -2.17. The molecule has 5 nitrogen and oxygen atoms in total. The van der Waals surface area contributed by atoms with E-state index in [1.165, 1.54) is 31.6 Å². The molecular formula is C12H10F3N3O2. The molecule has 0 fully saturated rings. The maximum absolute atomic E-state index is 12.4. The van der Waals surface area contributed by atoms with Gasteiger partial charge >= 0.3 is 6.36 Å². The number of anilines is 1. The maximum atomic E-state index is 12.4. The van der Waals surface area contributed by atoms with Gasteiger partial charge in [0, 0.05) is 11.6 Å². The fourth-order valence-electron chi connectivity index (χ4n) is 1.53. The van der Waals surface area contributed by atoms with Gasteiger partial charge in [-0.25, -0.2) is 4.98 Å². The molecule has 2 N–H and O–H groups in total. The van der Waals surface area contributed by atoms with Gasteiger partial charge in [-0.2, -0.15) is 0 Å². The second kappa shape index (κ2) is 5.24. The number of halogens is 3. The van der Waals surface area contributed by atoms with Gasteiger partial charge in [-0.05, 0) is 12.1 Å². The van der Waals surface area contributed by atoms with E-state index in [4.69, 9.17) is 10.5 Å². The molecule has 106 valence electrons. The molecular weight excluding hydrogens is 275 g/mol. The van der Waals surface area contributed by atoms with Crippen LogP contribution in [0, 0.1) is 0 Å². The summed E-state index contributed by atoms with van der Waals surface area (Å²) in [4.78, 5) is 7.70. The zero-order valence-corrected chi connectivity index (χ0v) is 10.3. The highest BCUT2D eigenvalue weighted by Crippen LogP contribution is 2.35. The van der Waals surface area contributed by atoms with Crippen LogP contribution >= 0.6 is 0 Å². The first-order valence-corrected chi connectivity index (χ1v) is 5.41. The van der Waals surface area contributed by atoms with E-state index >= 15 is 0 Å². The number of hydrogen-bond donors (Lipinski definition) is 1. The molecule has 0 radical (unpaired) electrons. The Morgan fingerprint density at radius 2 is 1.90 bits per heavy atom. The molecule has 0 bridgehead atoms. The molecule has 0 aliphatic heterocycles. The summed E-state index contributed by atoms with van der Waals surface area (Å²) in [7, 11) is 1.34. The molecule has 2 rings (SSSR count). The monoisotopic (exact) mass is 285 g/mol. The molecule has 20 heavy (non-hydrogen) atoms. The molecule has 1 aromatic carbocycles. The van der Waals surface area contributed by atoms with Gasteiger partial charge in [-0.3, -0.25) is 4.98 Å². The van der Waals surface area contributed by atoms with Crippen molar-refractivity contribution in [3.63, 3.8) is 0 Å². The minimum atomic E-state index is -4.82. The molecule has 0 aliphatic carbocycles. The lowest BCUT2D eigenvalue weighted by molar-refractivity contribution is -0.274. The van der Waals surface area contributed by atoms with Gasteiger partial charge in [0.25, 0.3) is 0 Å². The van der Waals surface area contributed by atoms with Crippen molar-refractivity contribution in [3.8, 4) is 22.8 Å². The molecule has 0 spiro atoms. The first kappa shape index (κ1) is 13.9. The third-order valence-corrected chi connectivity index (χ3v) is 2.36. The van der Waals surface area contributed by atoms with Crippen molar-refractivity contribution in [3.05, 3.63) is 30.6 Å². The second-order valence-corrected chi connectivity index (χ2v) is 3.74. The third-order valence-electron chi connectivity index (χ3n) is 2.36. The maximum Gasteiger partial charge on any atom is 0.573 e. The van der Waals surface area contributed by atoms with Crippen molar-refractivity contribution in [2.24, 2.45) is 0 Å². The van der Waals surface area contributed by atoms with Crippen LogP contribution in [0.25, 0.3) is 11.3 Å². The topological polar surface area (TPSA) is 70.3 Å². The van der Waals surface area contributed by atoms with Crippen LogP contribution in [0.3, 0.4) is 0 Å². The quantitative estimate of drug-likeness (QED) is 0.938. The smallest absolute Gasteiger partial charge is 0.497 e. The van der Waals surface area contributed by atoms with Gasteiger partial charge < -0.3 is 15.2 Å². The van der Waals surface area contributed by atoms with E-state index in [0.717, 1.165) is 6.07 Å². The van der Waals surface area contributed by atoms with E-state index in [1.54, 1.807) is 0 Å². The summed E-state index contributed by atoms with van der Waals surface area (Å²) in [5, 5.41) is 0. The number of benzene rings is 1. The van der Waals surface area contributed by atoms with Crippen LogP contribution in [0.5, 0.6) is 11.5 Å². The lowest BCUT2D eigenvalue weighted by atomic mass is 10.1. The third kappa shape index (κ3) is 3.28. The summed E-state index contributed by atoms with van der Waals surface area (Å²) < 4.78 is 46.1. The molecule has 1 heterocycles. The Labute approximate surface area is 112 Å². The molecule has 0 saturated heterocycles. The van der Waals surface area contributed by atoms with E-state index in [0.29, 0.717) is 0 Å². The number of alkyl halides is 3. The fraction of sp³-hybridized carbons (Fsp3) is 0.167. The van der Waals surface area contributed by atoms with Gasteiger partial charge in [0.05, 0.1) is 25.2 Å². The van der Waals surface area contributed by atoms with Crippen LogP contribution in [0.2, 0.25) is 0 Å². The van der Waals surface area contributed by atoms with E-state index in [9.17, 15) is 13.2 Å². The highest BCUT2D eigenvalue weighted by molar-refractivity contribution is 5.68. The van der Waals surface area contributed by atoms with Crippen molar-refractivity contribution >= 4 is 5.82 Å². The number of nitrogens with two attached hydrogens (primary N) is 1. The largest absolute Gasteiger partial charge is 0.573 e. The predicted octanol–water partition coefficient (Wildman–Crippen LogP) is 2.63. The normalized spacial score (nSPS) is 11.2. The first-order valence-electron chi connectivity index (χ1n) is 5.41. The van der Waals surface area contributed by atoms with Gasteiger partial charge in [-0.15, -0.1) is 13.2 Å². The van der Waals surface area contributed by atoms with Crippen molar-refractivity contribution in [2.45, 2.75) is 6.36 Å². The van der Waals surface area contributed by atoms with Crippen molar-refractivity contribution < 1.29 is 22.6 Å². The Kier molecular flexibility index (Phi) is 3.64. The van der Waals surface area contributed by atoms with Gasteiger partial charge in [-0.1, -0.05) is 0 Å². The van der Waals surface area contributed by atoms with Crippen molar-refractivity contribution in [1.29, 1.82) is 0 Å². The number of nitrogens with zero attached hydrogens (tertiary/aromatic N) is 2. The average Bonchev–Trinajstić information content (AvgIpc) is 2.38. The predicted molar refractivity (Wildman–Crippen MR) is 65.1 cm³/mol. The van der Waals surface area contributed by atoms with E-state index in [2.05, 4.69) is 14.7 Å². The summed E-state index contributed by atoms with van der Waals surface area (Å²) >= 11 is 0. The molecule has 8 heteroatoms. The van der Waals surface area contributed by atoms with Crippen molar-refractivity contribution in [1.82, 2.24) is 9.97 Å². The van der Waals surface area contributed by atoms with Crippen LogP contribution in [-0.2, 0) is 0 Å². The van der Waals surface area contributed by atoms with Crippen molar-refractivity contribution in [2.75, 3.05) is 12.8 Å². The van der Waals surface area contributed by atoms with E-state index in [-0.39, 0.29) is 22.8 Å². The highest BCUT2D eigenvalue weighted by Gasteiger charge is 2.32. The zero-order chi connectivity index (χ0) is 14.8. The Morgan fingerprint density at radius 3 is 2.45 bits per heavy atom. The highest BCUT2D eigenvalue weighted by atomic mass is 19.4. The van der Waals surface area contributed by atoms with Crippen LogP contribution in [0.4, 0.5) is 19.0 Å². The minimum Gasteiger partial charge on any atom is -0.497 e. The SMILES string of the molecule is COc1ccc(-c2cnc(N)cn2)c(OC(F)(F)F)c1. The Hall–Kier alpha value is -2.51. The number of hydrogen-bond acceptors (Lipinski definition) is 5. The van der Waals surface area contributed by atoms with Crippen LogP contribution in [0.1, 0.15) is 0 Å². The van der Waals surface area contributed by atoms with Gasteiger partial charge in [0.15, 0.2) is 0 Å². The van der Waals surface area contributed by atoms with Gasteiger partial charge in [0.1, 0.15) is 17.3 Å². The molecule has 0 saturated carbocycles. The Bertz CT molecular complexity index is 600. The zero-order valence-electron chi connectivity index (χ0n) is 10.3. The summed E-state index contributed by atoms with van der Waals surface area (Å²) in [6.45, 7) is 0. The number of aromatic nitrogens is 2. The molecule has 0 atom stereocenters. The number of nitrogen functional groups attached to an aromatic ring is 1. The average molecular weight is 285 g/mol. The van der Waals surface area contributed by atoms with Crippen LogP contribution < -0.4 is 15.2 Å². The molecule has 0 amide bonds. The second-order valence-electron chi connectivity index (χ2n) is 3.74. The summed E-state index contributed by atoms with van der Waals surface area (Å²) in [5.74, 6) is -0.0205. The van der Waals surface area contributed by atoms with E-state index < -0.39 is 12.1 Å². The molecule has 1 aromatic heterocycles. The number of rotatable bonds is 3. The number of methoxy groups -OCH3 is 1. The summed E-state index contributed by atoms with van der Waals surface area (Å²) in [5.41, 5.74) is 5.73. The fourth-order valence-corrected chi connectivity index (χ4v) is 1.53. The lowest BCUT2D eigenvalue weighted by Gasteiger charge is -2.14. The van der Waals surface area contributed by atoms with Gasteiger partial charge in [0.2, 0.25) is 0 Å². The van der Waals surface area contributed by atoms with E-state index in [1.807, 2.05) is 0 Å². The molecule has 0 aliphatic rings. The number of ether oxygens (including phenoxy) is 2. The van der Waals surface area contributed by atoms with Crippen LogP contribution in [0.15, 0.2) is 30.6 Å². The Morgan fingerprint density at radius 1 is 1.15 bits per heavy atom. The van der Waals surface area contributed by atoms with Crippen LogP contribution in [-0.4, -0.2) is 23.4 Å².